The molecule has 0 aliphatic rings. The molecule has 0 saturated heterocycles. The van der Waals surface area contributed by atoms with Crippen LogP contribution in [0.2, 0.25) is 0 Å². The van der Waals surface area contributed by atoms with Crippen molar-refractivity contribution in [3.63, 3.8) is 0 Å². The summed E-state index contributed by atoms with van der Waals surface area (Å²) >= 11 is 0. The quantitative estimate of drug-likeness (QED) is 0.0222. The fraction of sp³-hybridized carbons (Fsp3) is 0.957. The maximum Gasteiger partial charge on any atom is 0.472 e. The van der Waals surface area contributed by atoms with E-state index in [9.17, 15) is 43.2 Å². The Kier molecular flexibility index (Phi) is 82.6. The molecule has 0 aliphatic carbocycles. The minimum atomic E-state index is -4.97. The van der Waals surface area contributed by atoms with Crippen LogP contribution in [0.5, 0.6) is 0 Å². The molecule has 0 rings (SSSR count). The van der Waals surface area contributed by atoms with E-state index in [1.807, 2.05) is 0 Å². The first-order valence-corrected chi connectivity index (χ1v) is 51.0. The molecule has 0 amide bonds. The van der Waals surface area contributed by atoms with Crippen molar-refractivity contribution in [3.8, 4) is 0 Å². The monoisotopic (exact) mass is 1630 g/mol. The average Bonchev–Trinajstić information content (AvgIpc) is 0.898. The van der Waals surface area contributed by atoms with Crippen molar-refractivity contribution < 1.29 is 80.2 Å². The molecule has 666 valence electrons. The second-order valence-electron chi connectivity index (χ2n) is 34.4. The fourth-order valence-corrected chi connectivity index (χ4v) is 16.2. The Morgan fingerprint density at radius 2 is 0.411 bits per heavy atom. The number of aliphatic hydroxyl groups excluding tert-OH is 1. The van der Waals surface area contributed by atoms with E-state index in [-0.39, 0.29) is 25.7 Å². The summed E-state index contributed by atoms with van der Waals surface area (Å²) in [7, 11) is -9.94. The molecule has 0 spiro atoms. The molecular formula is C93H182O17P2. The highest BCUT2D eigenvalue weighted by Gasteiger charge is 2.31. The molecule has 0 radical (unpaired) electrons. The third-order valence-corrected chi connectivity index (χ3v) is 23.9. The molecule has 0 aromatic carbocycles. The van der Waals surface area contributed by atoms with E-state index in [1.165, 1.54) is 321 Å². The Morgan fingerprint density at radius 3 is 0.607 bits per heavy atom. The number of carbonyl (C=O) groups excluding carboxylic acids is 4. The summed E-state index contributed by atoms with van der Waals surface area (Å²) in [6, 6.07) is 0. The maximum absolute atomic E-state index is 13.2. The molecule has 0 aromatic heterocycles. The summed E-state index contributed by atoms with van der Waals surface area (Å²) in [5.41, 5.74) is 0. The number of unbranched alkanes of at least 4 members (excludes halogenated alkanes) is 62. The van der Waals surface area contributed by atoms with E-state index < -0.39 is 97.5 Å². The van der Waals surface area contributed by atoms with E-state index >= 15 is 0 Å². The zero-order chi connectivity index (χ0) is 82.0. The molecule has 2 unspecified atom stereocenters. The molecule has 19 heteroatoms. The van der Waals surface area contributed by atoms with Crippen LogP contribution in [0.4, 0.5) is 0 Å². The molecule has 112 heavy (non-hydrogen) atoms. The summed E-state index contributed by atoms with van der Waals surface area (Å²) < 4.78 is 69.2. The van der Waals surface area contributed by atoms with Gasteiger partial charge in [-0.3, -0.25) is 37.3 Å². The molecule has 0 bridgehead atoms. The van der Waals surface area contributed by atoms with Gasteiger partial charge in [-0.05, 0) is 37.5 Å². The van der Waals surface area contributed by atoms with Crippen LogP contribution in [0.15, 0.2) is 0 Å². The van der Waals surface area contributed by atoms with Crippen LogP contribution in [-0.4, -0.2) is 96.7 Å². The molecule has 5 atom stereocenters. The van der Waals surface area contributed by atoms with Gasteiger partial charge in [0.25, 0.3) is 0 Å². The van der Waals surface area contributed by atoms with E-state index in [4.69, 9.17) is 37.0 Å². The van der Waals surface area contributed by atoms with Crippen molar-refractivity contribution in [2.24, 2.45) is 11.8 Å². The predicted molar refractivity (Wildman–Crippen MR) is 465 cm³/mol. The number of rotatable bonds is 92. The summed E-state index contributed by atoms with van der Waals surface area (Å²) in [5, 5.41) is 10.7. The van der Waals surface area contributed by atoms with E-state index in [0.29, 0.717) is 25.7 Å². The van der Waals surface area contributed by atoms with Gasteiger partial charge in [0.2, 0.25) is 0 Å². The van der Waals surface area contributed by atoms with E-state index in [0.717, 1.165) is 102 Å². The Bertz CT molecular complexity index is 2130. The van der Waals surface area contributed by atoms with Crippen molar-refractivity contribution in [1.82, 2.24) is 0 Å². The fourth-order valence-electron chi connectivity index (χ4n) is 14.7. The molecule has 0 aliphatic heterocycles. The van der Waals surface area contributed by atoms with E-state index in [1.54, 1.807) is 0 Å². The molecule has 0 fully saturated rings. The predicted octanol–water partition coefficient (Wildman–Crippen LogP) is 29.0. The molecular weight excluding hydrogens is 1450 g/mol. The van der Waals surface area contributed by atoms with Crippen molar-refractivity contribution in [3.05, 3.63) is 0 Å². The van der Waals surface area contributed by atoms with Gasteiger partial charge in [0.15, 0.2) is 12.2 Å². The number of ether oxygens (including phenoxy) is 4. The second kappa shape index (κ2) is 84.1. The topological polar surface area (TPSA) is 237 Å². The van der Waals surface area contributed by atoms with Gasteiger partial charge in [0.05, 0.1) is 26.4 Å². The van der Waals surface area contributed by atoms with Gasteiger partial charge < -0.3 is 33.8 Å². The number of aliphatic hydroxyl groups is 1. The number of phosphoric acid groups is 2. The van der Waals surface area contributed by atoms with Crippen LogP contribution in [0.1, 0.15) is 504 Å². The Hall–Kier alpha value is -1.94. The first-order valence-electron chi connectivity index (χ1n) is 48.0. The molecule has 0 heterocycles. The number of esters is 4. The zero-order valence-corrected chi connectivity index (χ0v) is 75.8. The third kappa shape index (κ3) is 85.9. The van der Waals surface area contributed by atoms with Crippen LogP contribution in [0, 0.1) is 11.8 Å². The summed E-state index contributed by atoms with van der Waals surface area (Å²) in [4.78, 5) is 73.5. The van der Waals surface area contributed by atoms with Gasteiger partial charge >= 0.3 is 39.5 Å². The van der Waals surface area contributed by atoms with Crippen molar-refractivity contribution in [1.29, 1.82) is 0 Å². The lowest BCUT2D eigenvalue weighted by molar-refractivity contribution is -0.161. The van der Waals surface area contributed by atoms with Crippen LogP contribution >= 0.6 is 15.6 Å². The minimum absolute atomic E-state index is 0.109. The highest BCUT2D eigenvalue weighted by atomic mass is 31.2. The highest BCUT2D eigenvalue weighted by Crippen LogP contribution is 2.45. The first kappa shape index (κ1) is 110. The number of phosphoric ester groups is 2. The Labute approximate surface area is 689 Å². The van der Waals surface area contributed by atoms with Crippen LogP contribution in [-0.2, 0) is 65.4 Å². The van der Waals surface area contributed by atoms with Gasteiger partial charge in [-0.1, -0.05) is 452 Å². The molecule has 17 nitrogen and oxygen atoms in total. The smallest absolute Gasteiger partial charge is 0.462 e. The van der Waals surface area contributed by atoms with E-state index in [2.05, 4.69) is 41.5 Å². The lowest BCUT2D eigenvalue weighted by Gasteiger charge is -2.21. The van der Waals surface area contributed by atoms with Gasteiger partial charge in [-0.2, -0.15) is 0 Å². The SMILES string of the molecule is CCCCCCCCCCCCCCCCCCCC(=O)O[C@H](COC(=O)CCCCCCCCCCCCCCC)COP(=O)(O)OC[C@H](O)COP(=O)(O)OC[C@@H](COC(=O)CCCCCCCCCCCCCCCCCCCCC(C)C)OC(=O)CCCCCCCCCCCCCCCCCCCCC(C)C. The minimum Gasteiger partial charge on any atom is -0.462 e. The molecule has 0 aromatic rings. The van der Waals surface area contributed by atoms with Crippen LogP contribution < -0.4 is 0 Å². The number of hydrogen-bond donors (Lipinski definition) is 3. The second-order valence-corrected chi connectivity index (χ2v) is 37.3. The van der Waals surface area contributed by atoms with Gasteiger partial charge in [0, 0.05) is 25.7 Å². The summed E-state index contributed by atoms with van der Waals surface area (Å²) in [6.07, 6.45) is 79.2. The molecule has 0 saturated carbocycles. The highest BCUT2D eigenvalue weighted by molar-refractivity contribution is 7.47. The average molecular weight is 1630 g/mol. The van der Waals surface area contributed by atoms with Crippen molar-refractivity contribution in [2.45, 2.75) is 522 Å². The third-order valence-electron chi connectivity index (χ3n) is 22.0. The van der Waals surface area contributed by atoms with Crippen molar-refractivity contribution >= 4 is 39.5 Å². The Balaban J connectivity index is 5.25. The zero-order valence-electron chi connectivity index (χ0n) is 74.0. The van der Waals surface area contributed by atoms with Crippen LogP contribution in [0.3, 0.4) is 0 Å². The largest absolute Gasteiger partial charge is 0.472 e. The van der Waals surface area contributed by atoms with Crippen LogP contribution in [0.25, 0.3) is 0 Å². The maximum atomic E-state index is 13.2. The van der Waals surface area contributed by atoms with Gasteiger partial charge in [-0.15, -0.1) is 0 Å². The molecule has 3 N–H and O–H groups in total. The Morgan fingerprint density at radius 1 is 0.241 bits per heavy atom. The van der Waals surface area contributed by atoms with Gasteiger partial charge in [0.1, 0.15) is 19.3 Å². The first-order chi connectivity index (χ1) is 54.4. The lowest BCUT2D eigenvalue weighted by atomic mass is 10.0. The van der Waals surface area contributed by atoms with Gasteiger partial charge in [-0.25, -0.2) is 9.13 Å². The summed E-state index contributed by atoms with van der Waals surface area (Å²) in [5.74, 6) is -0.447. The number of hydrogen-bond acceptors (Lipinski definition) is 15. The normalized spacial score (nSPS) is 13.7. The number of carbonyl (C=O) groups is 4. The lowest BCUT2D eigenvalue weighted by Crippen LogP contribution is -2.30. The van der Waals surface area contributed by atoms with Crippen molar-refractivity contribution in [2.75, 3.05) is 39.6 Å². The standard InChI is InChI=1S/C93H182O17P2/c1-7-9-11-13-15-17-19-21-22-27-35-41-47-53-59-65-71-77-92(97)109-88(81-103-90(95)75-69-63-57-51-45-37-20-18-16-14-12-10-8-2)83-107-111(99,100)105-79-87(94)80-106-112(101,102)108-84-89(110-93(98)78-72-66-60-54-48-42-36-31-26-24-29-33-39-44-50-56-62-68-74-86(5)6)82-104-91(96)76-70-64-58-52-46-40-34-30-25-23-28-32-38-43-49-55-61-67-73-85(3)4/h85-89,94H,7-84H2,1-6H3,(H,99,100)(H,101,102)/t87-,88+,89+/m0/s1. The summed E-state index contributed by atoms with van der Waals surface area (Å²) in [6.45, 7) is 9.80.